The maximum Gasteiger partial charge on any atom is 0.339 e. The van der Waals surface area contributed by atoms with Crippen LogP contribution in [0, 0.1) is 25.5 Å². The first kappa shape index (κ1) is 10.4. The van der Waals surface area contributed by atoms with Crippen LogP contribution < -0.4 is 0 Å². The number of benzene rings is 1. The molecule has 14 heavy (non-hydrogen) atoms. The van der Waals surface area contributed by atoms with Crippen molar-refractivity contribution in [2.24, 2.45) is 0 Å². The first-order valence-corrected chi connectivity index (χ1v) is 3.78. The molecule has 3 nitrogen and oxygen atoms in total. The molecule has 76 valence electrons. The Bertz CT molecular complexity index is 384. The highest BCUT2D eigenvalue weighted by Crippen LogP contribution is 2.29. The summed E-state index contributed by atoms with van der Waals surface area (Å²) in [6, 6.07) is 0. The van der Waals surface area contributed by atoms with Gasteiger partial charge in [-0.1, -0.05) is 0 Å². The average molecular weight is 202 g/mol. The number of phenolic OH excluding ortho intramolecular Hbond substituents is 1. The molecule has 0 saturated carbocycles. The van der Waals surface area contributed by atoms with E-state index in [-0.39, 0.29) is 0 Å². The number of hydrogen-bond donors (Lipinski definition) is 2. The number of aromatic hydroxyl groups is 1. The summed E-state index contributed by atoms with van der Waals surface area (Å²) in [6.45, 7) is 2.21. The van der Waals surface area contributed by atoms with Crippen LogP contribution in [0.25, 0.3) is 0 Å². The number of rotatable bonds is 1. The van der Waals surface area contributed by atoms with Crippen molar-refractivity contribution in [2.45, 2.75) is 13.8 Å². The number of phenols is 1. The smallest absolute Gasteiger partial charge is 0.339 e. The second-order valence-electron chi connectivity index (χ2n) is 2.91. The van der Waals surface area contributed by atoms with E-state index < -0.39 is 40.0 Å². The standard InChI is InChI=1S/C9H8F2O3/c1-3-5(9(13)14)6(10)4(2)8(12)7(3)11/h12H,1-2H3,(H,13,14). The molecule has 0 aromatic heterocycles. The summed E-state index contributed by atoms with van der Waals surface area (Å²) in [5.41, 5.74) is -1.54. The van der Waals surface area contributed by atoms with Gasteiger partial charge in [0.1, 0.15) is 11.4 Å². The molecule has 0 radical (unpaired) electrons. The third-order valence-electron chi connectivity index (χ3n) is 2.03. The van der Waals surface area contributed by atoms with Crippen LogP contribution in [-0.2, 0) is 0 Å². The Labute approximate surface area is 78.6 Å². The van der Waals surface area contributed by atoms with Gasteiger partial charge in [-0.3, -0.25) is 0 Å². The Kier molecular flexibility index (Phi) is 2.42. The first-order valence-electron chi connectivity index (χ1n) is 3.78. The fourth-order valence-corrected chi connectivity index (χ4v) is 1.16. The molecule has 1 rings (SSSR count). The molecule has 1 aromatic rings. The number of carbonyl (C=O) groups is 1. The Morgan fingerprint density at radius 1 is 1.14 bits per heavy atom. The van der Waals surface area contributed by atoms with Gasteiger partial charge in [-0.25, -0.2) is 13.6 Å². The van der Waals surface area contributed by atoms with E-state index in [9.17, 15) is 13.6 Å². The molecule has 0 fully saturated rings. The van der Waals surface area contributed by atoms with Gasteiger partial charge >= 0.3 is 5.97 Å². The molecule has 0 spiro atoms. The molecule has 0 heterocycles. The molecule has 0 aliphatic heterocycles. The van der Waals surface area contributed by atoms with Gasteiger partial charge in [0.25, 0.3) is 0 Å². The van der Waals surface area contributed by atoms with E-state index in [0.717, 1.165) is 13.8 Å². The molecule has 0 unspecified atom stereocenters. The lowest BCUT2D eigenvalue weighted by Gasteiger charge is -2.09. The van der Waals surface area contributed by atoms with Crippen molar-refractivity contribution in [3.8, 4) is 5.75 Å². The fraction of sp³-hybridized carbons (Fsp3) is 0.222. The molecule has 0 aliphatic carbocycles. The molecule has 0 aliphatic rings. The van der Waals surface area contributed by atoms with Gasteiger partial charge in [0.2, 0.25) is 0 Å². The Balaban J connectivity index is 3.68. The Morgan fingerprint density at radius 2 is 1.64 bits per heavy atom. The molecular formula is C9H8F2O3. The van der Waals surface area contributed by atoms with Gasteiger partial charge in [-0.2, -0.15) is 0 Å². The highest BCUT2D eigenvalue weighted by Gasteiger charge is 2.23. The summed E-state index contributed by atoms with van der Waals surface area (Å²) in [7, 11) is 0. The van der Waals surface area contributed by atoms with E-state index >= 15 is 0 Å². The number of hydrogen-bond acceptors (Lipinski definition) is 2. The van der Waals surface area contributed by atoms with Crippen LogP contribution in [0.2, 0.25) is 0 Å². The summed E-state index contributed by atoms with van der Waals surface area (Å²) in [6.07, 6.45) is 0. The second kappa shape index (κ2) is 3.25. The Morgan fingerprint density at radius 3 is 2.07 bits per heavy atom. The monoisotopic (exact) mass is 202 g/mol. The van der Waals surface area contributed by atoms with Crippen LogP contribution >= 0.6 is 0 Å². The minimum Gasteiger partial charge on any atom is -0.505 e. The van der Waals surface area contributed by atoms with E-state index in [1.807, 2.05) is 0 Å². The Hall–Kier alpha value is -1.65. The molecule has 0 atom stereocenters. The van der Waals surface area contributed by atoms with Gasteiger partial charge < -0.3 is 10.2 Å². The van der Waals surface area contributed by atoms with Crippen molar-refractivity contribution in [3.05, 3.63) is 28.3 Å². The number of carboxylic acids is 1. The van der Waals surface area contributed by atoms with Crippen molar-refractivity contribution in [1.82, 2.24) is 0 Å². The number of halogens is 2. The van der Waals surface area contributed by atoms with Crippen molar-refractivity contribution in [3.63, 3.8) is 0 Å². The van der Waals surface area contributed by atoms with Crippen molar-refractivity contribution < 1.29 is 23.8 Å². The molecular weight excluding hydrogens is 194 g/mol. The van der Waals surface area contributed by atoms with Gasteiger partial charge in [-0.15, -0.1) is 0 Å². The van der Waals surface area contributed by atoms with Crippen LogP contribution in [-0.4, -0.2) is 16.2 Å². The zero-order valence-electron chi connectivity index (χ0n) is 7.56. The average Bonchev–Trinajstić information content (AvgIpc) is 2.11. The minimum absolute atomic E-state index is 0.398. The van der Waals surface area contributed by atoms with Crippen LogP contribution in [0.1, 0.15) is 21.5 Å². The van der Waals surface area contributed by atoms with E-state index in [1.165, 1.54) is 0 Å². The molecule has 0 amide bonds. The van der Waals surface area contributed by atoms with Crippen LogP contribution in [0.15, 0.2) is 0 Å². The van der Waals surface area contributed by atoms with E-state index in [4.69, 9.17) is 10.2 Å². The van der Waals surface area contributed by atoms with E-state index in [1.54, 1.807) is 0 Å². The third kappa shape index (κ3) is 1.30. The summed E-state index contributed by atoms with van der Waals surface area (Å²) in [4.78, 5) is 10.6. The topological polar surface area (TPSA) is 57.5 Å². The van der Waals surface area contributed by atoms with Gasteiger partial charge in [0.15, 0.2) is 11.6 Å². The molecule has 5 heteroatoms. The lowest BCUT2D eigenvalue weighted by atomic mass is 10.0. The third-order valence-corrected chi connectivity index (χ3v) is 2.03. The predicted octanol–water partition coefficient (Wildman–Crippen LogP) is 1.99. The highest BCUT2D eigenvalue weighted by atomic mass is 19.1. The first-order chi connectivity index (χ1) is 6.37. The van der Waals surface area contributed by atoms with E-state index in [0.29, 0.717) is 0 Å². The molecule has 0 bridgehead atoms. The fourth-order valence-electron chi connectivity index (χ4n) is 1.16. The van der Waals surface area contributed by atoms with Crippen LogP contribution in [0.3, 0.4) is 0 Å². The molecule has 2 N–H and O–H groups in total. The lowest BCUT2D eigenvalue weighted by Crippen LogP contribution is -2.08. The van der Waals surface area contributed by atoms with Crippen molar-refractivity contribution >= 4 is 5.97 Å². The van der Waals surface area contributed by atoms with Crippen molar-refractivity contribution in [1.29, 1.82) is 0 Å². The number of aromatic carboxylic acids is 1. The molecule has 1 aromatic carbocycles. The predicted molar refractivity (Wildman–Crippen MR) is 44.5 cm³/mol. The van der Waals surface area contributed by atoms with Gasteiger partial charge in [-0.05, 0) is 13.8 Å². The number of carboxylic acid groups (broad SMARTS) is 1. The van der Waals surface area contributed by atoms with Crippen LogP contribution in [0.4, 0.5) is 8.78 Å². The highest BCUT2D eigenvalue weighted by molar-refractivity contribution is 5.90. The summed E-state index contributed by atoms with van der Waals surface area (Å²) < 4.78 is 26.4. The largest absolute Gasteiger partial charge is 0.505 e. The van der Waals surface area contributed by atoms with Crippen molar-refractivity contribution in [2.75, 3.05) is 0 Å². The van der Waals surface area contributed by atoms with Gasteiger partial charge in [0.05, 0.1) is 0 Å². The molecule has 0 saturated heterocycles. The minimum atomic E-state index is -1.55. The zero-order chi connectivity index (χ0) is 11.0. The lowest BCUT2D eigenvalue weighted by molar-refractivity contribution is 0.0690. The van der Waals surface area contributed by atoms with E-state index in [2.05, 4.69) is 0 Å². The summed E-state index contributed by atoms with van der Waals surface area (Å²) >= 11 is 0. The quantitative estimate of drug-likeness (QED) is 0.732. The zero-order valence-corrected chi connectivity index (χ0v) is 7.56. The van der Waals surface area contributed by atoms with Crippen LogP contribution in [0.5, 0.6) is 5.75 Å². The normalized spacial score (nSPS) is 10.3. The maximum atomic E-state index is 13.2. The SMILES string of the molecule is Cc1c(O)c(F)c(C)c(C(=O)O)c1F. The second-order valence-corrected chi connectivity index (χ2v) is 2.91. The summed E-state index contributed by atoms with van der Waals surface area (Å²) in [5, 5.41) is 17.7. The van der Waals surface area contributed by atoms with Gasteiger partial charge in [0, 0.05) is 11.1 Å². The maximum absolute atomic E-state index is 13.2. The summed E-state index contributed by atoms with van der Waals surface area (Å²) in [5.74, 6) is -4.60.